The van der Waals surface area contributed by atoms with Gasteiger partial charge in [0, 0.05) is 31.0 Å². The van der Waals surface area contributed by atoms with Crippen LogP contribution in [0.15, 0.2) is 72.9 Å². The van der Waals surface area contributed by atoms with Crippen LogP contribution >= 0.6 is 0 Å². The Morgan fingerprint density at radius 2 is 1.84 bits per heavy atom. The minimum atomic E-state index is -0.991. The van der Waals surface area contributed by atoms with E-state index >= 15 is 0 Å². The lowest BCUT2D eigenvalue weighted by molar-refractivity contribution is -0.132. The lowest BCUT2D eigenvalue weighted by Gasteiger charge is -2.28. The number of aromatic nitrogens is 1. The van der Waals surface area contributed by atoms with E-state index in [0.717, 1.165) is 17.5 Å². The predicted molar refractivity (Wildman–Crippen MR) is 144 cm³/mol. The maximum absolute atomic E-state index is 13.8. The quantitative estimate of drug-likeness (QED) is 0.384. The number of pyridine rings is 1. The van der Waals surface area contributed by atoms with Crippen molar-refractivity contribution in [3.05, 3.63) is 95.3 Å². The first-order valence-corrected chi connectivity index (χ1v) is 12.5. The molecule has 1 fully saturated rings. The molecule has 37 heavy (non-hydrogen) atoms. The van der Waals surface area contributed by atoms with Crippen LogP contribution in [-0.2, 0) is 23.4 Å². The van der Waals surface area contributed by atoms with Gasteiger partial charge in [-0.1, -0.05) is 56.3 Å². The number of nitrogens with two attached hydrogens (primary N) is 1. The Morgan fingerprint density at radius 1 is 1.14 bits per heavy atom. The van der Waals surface area contributed by atoms with Crippen molar-refractivity contribution in [1.82, 2.24) is 20.1 Å². The molecule has 0 saturated carbocycles. The molecule has 1 saturated heterocycles. The number of nitrogen functional groups attached to an aromatic ring is 1. The minimum absolute atomic E-state index is 0.0385. The Bertz CT molecular complexity index is 1280. The first-order chi connectivity index (χ1) is 17.7. The molecule has 2 aromatic carbocycles. The highest BCUT2D eigenvalue weighted by Crippen LogP contribution is 2.35. The number of hydrogen-bond acceptors (Lipinski definition) is 5. The topological polar surface area (TPSA) is 115 Å². The first-order valence-electron chi connectivity index (χ1n) is 12.5. The highest BCUT2D eigenvalue weighted by Gasteiger charge is 2.50. The Labute approximate surface area is 218 Å². The molecule has 1 aliphatic heterocycles. The number of nitrogens with one attached hydrogen (secondary N) is 2. The molecule has 0 aliphatic carbocycles. The summed E-state index contributed by atoms with van der Waals surface area (Å²) in [4.78, 5) is 34.4. The summed E-state index contributed by atoms with van der Waals surface area (Å²) in [6.07, 6.45) is 2.98. The van der Waals surface area contributed by atoms with Gasteiger partial charge in [-0.05, 0) is 54.2 Å². The van der Waals surface area contributed by atoms with Gasteiger partial charge in [0.05, 0.1) is 12.2 Å². The van der Waals surface area contributed by atoms with E-state index in [1.165, 1.54) is 4.90 Å². The van der Waals surface area contributed by atoms with Crippen LogP contribution < -0.4 is 11.1 Å². The molecule has 4 rings (SSSR count). The lowest BCUT2D eigenvalue weighted by atomic mass is 9.83. The third kappa shape index (κ3) is 5.63. The average Bonchev–Trinajstić information content (AvgIpc) is 3.14. The van der Waals surface area contributed by atoms with E-state index in [0.29, 0.717) is 35.8 Å². The van der Waals surface area contributed by atoms with Gasteiger partial charge in [-0.2, -0.15) is 0 Å². The number of rotatable bonds is 9. The molecular weight excluding hydrogens is 464 g/mol. The summed E-state index contributed by atoms with van der Waals surface area (Å²) in [5, 5.41) is 11.8. The zero-order valence-corrected chi connectivity index (χ0v) is 21.6. The molecule has 1 aromatic heterocycles. The number of benzene rings is 2. The van der Waals surface area contributed by atoms with Crippen molar-refractivity contribution in [2.45, 2.75) is 45.3 Å². The van der Waals surface area contributed by atoms with E-state index in [2.05, 4.69) is 24.1 Å². The molecule has 2 amide bonds. The lowest BCUT2D eigenvalue weighted by Crippen LogP contribution is -2.44. The first kappa shape index (κ1) is 25.9. The Kier molecular flexibility index (Phi) is 7.57. The molecule has 1 aliphatic rings. The molecule has 192 valence electrons. The fraction of sp³-hybridized carbons (Fsp3) is 0.310. The summed E-state index contributed by atoms with van der Waals surface area (Å²) in [5.41, 5.74) is 8.27. The van der Waals surface area contributed by atoms with Crippen molar-refractivity contribution < 1.29 is 9.59 Å². The highest BCUT2D eigenvalue weighted by atomic mass is 16.2. The molecule has 1 unspecified atom stereocenters. The van der Waals surface area contributed by atoms with Gasteiger partial charge < -0.3 is 16.0 Å². The number of carbonyl (C=O) groups excluding carboxylic acids is 2. The van der Waals surface area contributed by atoms with Gasteiger partial charge in [-0.3, -0.25) is 24.9 Å². The van der Waals surface area contributed by atoms with Gasteiger partial charge in [0.1, 0.15) is 5.54 Å². The van der Waals surface area contributed by atoms with Crippen LogP contribution in [0.2, 0.25) is 0 Å². The molecule has 0 spiro atoms. The fourth-order valence-electron chi connectivity index (χ4n) is 4.59. The van der Waals surface area contributed by atoms with Gasteiger partial charge in [0.25, 0.3) is 11.8 Å². The average molecular weight is 499 g/mol. The van der Waals surface area contributed by atoms with E-state index in [1.54, 1.807) is 30.3 Å². The Morgan fingerprint density at radius 3 is 2.51 bits per heavy atom. The maximum atomic E-state index is 13.8. The van der Waals surface area contributed by atoms with Crippen molar-refractivity contribution in [1.29, 1.82) is 5.41 Å². The molecule has 0 radical (unpaired) electrons. The van der Waals surface area contributed by atoms with Crippen molar-refractivity contribution in [3.63, 3.8) is 0 Å². The summed E-state index contributed by atoms with van der Waals surface area (Å²) in [5.74, 6) is 0.116. The summed E-state index contributed by atoms with van der Waals surface area (Å²) >= 11 is 0. The van der Waals surface area contributed by atoms with Gasteiger partial charge >= 0.3 is 0 Å². The Hall–Kier alpha value is -4.20. The van der Waals surface area contributed by atoms with Crippen molar-refractivity contribution in [2.75, 3.05) is 12.8 Å². The predicted octanol–water partition coefficient (Wildman–Crippen LogP) is 4.13. The van der Waals surface area contributed by atoms with Crippen molar-refractivity contribution >= 4 is 23.5 Å². The van der Waals surface area contributed by atoms with Crippen LogP contribution in [-0.4, -0.2) is 39.6 Å². The van der Waals surface area contributed by atoms with Gasteiger partial charge in [0.15, 0.2) is 5.96 Å². The second kappa shape index (κ2) is 10.8. The van der Waals surface area contributed by atoms with E-state index < -0.39 is 5.54 Å². The van der Waals surface area contributed by atoms with Gasteiger partial charge in [0.2, 0.25) is 0 Å². The van der Waals surface area contributed by atoms with Crippen molar-refractivity contribution in [3.8, 4) is 0 Å². The number of anilines is 1. The summed E-state index contributed by atoms with van der Waals surface area (Å²) in [6.45, 7) is 4.78. The zero-order valence-electron chi connectivity index (χ0n) is 21.6. The van der Waals surface area contributed by atoms with Gasteiger partial charge in [-0.15, -0.1) is 0 Å². The number of hydrogen-bond donors (Lipinski definition) is 3. The standard InChI is InChI=1S/C29H34N6O2/c1-20(2)13-15-29(23-7-5-4-6-8-23)27(37)35(28(31)33-29)19-25-17-22(14-16-32-25)26(36)34(3)18-21-9-11-24(30)12-10-21/h4-12,14,16-17,20H,13,15,18-19,30H2,1-3H3,(H2,31,33). The van der Waals surface area contributed by atoms with Crippen LogP contribution in [0.5, 0.6) is 0 Å². The fourth-order valence-corrected chi connectivity index (χ4v) is 4.59. The molecule has 3 aromatic rings. The van der Waals surface area contributed by atoms with Crippen LogP contribution in [0.1, 0.15) is 53.9 Å². The normalized spacial score (nSPS) is 17.2. The smallest absolute Gasteiger partial charge is 0.260 e. The van der Waals surface area contributed by atoms with E-state index in [-0.39, 0.29) is 24.3 Å². The van der Waals surface area contributed by atoms with Crippen LogP contribution in [0.3, 0.4) is 0 Å². The maximum Gasteiger partial charge on any atom is 0.260 e. The SMILES string of the molecule is CC(C)CCC1(c2ccccc2)NC(=N)N(Cc2cc(C(=O)N(C)Cc3ccc(N)cc3)ccn2)C1=O. The number of amides is 2. The third-order valence-corrected chi connectivity index (χ3v) is 6.71. The summed E-state index contributed by atoms with van der Waals surface area (Å²) < 4.78 is 0. The molecular formula is C29H34N6O2. The summed E-state index contributed by atoms with van der Waals surface area (Å²) in [7, 11) is 1.74. The Balaban J connectivity index is 1.53. The molecule has 2 heterocycles. The number of carbonyl (C=O) groups is 2. The molecule has 8 heteroatoms. The van der Waals surface area contributed by atoms with E-state index in [1.807, 2.05) is 54.6 Å². The monoisotopic (exact) mass is 498 g/mol. The molecule has 1 atom stereocenters. The van der Waals surface area contributed by atoms with Gasteiger partial charge in [-0.25, -0.2) is 0 Å². The van der Waals surface area contributed by atoms with E-state index in [9.17, 15) is 9.59 Å². The highest BCUT2D eigenvalue weighted by molar-refractivity contribution is 6.08. The van der Waals surface area contributed by atoms with Crippen LogP contribution in [0.25, 0.3) is 0 Å². The van der Waals surface area contributed by atoms with Crippen molar-refractivity contribution in [2.24, 2.45) is 5.92 Å². The molecule has 0 bridgehead atoms. The second-order valence-electron chi connectivity index (χ2n) is 10.0. The van der Waals surface area contributed by atoms with Crippen LogP contribution in [0, 0.1) is 11.3 Å². The zero-order chi connectivity index (χ0) is 26.6. The van der Waals surface area contributed by atoms with Crippen LogP contribution in [0.4, 0.5) is 5.69 Å². The third-order valence-electron chi connectivity index (χ3n) is 6.71. The second-order valence-corrected chi connectivity index (χ2v) is 10.0. The summed E-state index contributed by atoms with van der Waals surface area (Å²) in [6, 6.07) is 20.4. The molecule has 4 N–H and O–H groups in total. The van der Waals surface area contributed by atoms with E-state index in [4.69, 9.17) is 11.1 Å². The number of nitrogens with zero attached hydrogens (tertiary/aromatic N) is 3. The molecule has 8 nitrogen and oxygen atoms in total. The largest absolute Gasteiger partial charge is 0.399 e. The number of guanidine groups is 1. The minimum Gasteiger partial charge on any atom is -0.399 e.